The van der Waals surface area contributed by atoms with Crippen molar-refractivity contribution in [3.63, 3.8) is 0 Å². The van der Waals surface area contributed by atoms with Crippen LogP contribution in [0.1, 0.15) is 6.92 Å². The molecule has 2 heterocycles. The highest BCUT2D eigenvalue weighted by molar-refractivity contribution is 6.45. The van der Waals surface area contributed by atoms with Crippen molar-refractivity contribution in [2.45, 2.75) is 6.92 Å². The number of hydrogen-bond donors (Lipinski definition) is 0. The van der Waals surface area contributed by atoms with Crippen LogP contribution in [-0.2, 0) is 14.4 Å². The van der Waals surface area contributed by atoms with E-state index in [0.29, 0.717) is 26.2 Å². The molecule has 0 aliphatic carbocycles. The first kappa shape index (κ1) is 18.7. The highest BCUT2D eigenvalue weighted by Gasteiger charge is 2.44. The minimum absolute atomic E-state index is 0.106. The molecule has 0 spiro atoms. The Hall–Kier alpha value is -3.10. The predicted octanol–water partition coefficient (Wildman–Crippen LogP) is 0.155. The number of carbonyl (C=O) groups is 4. The van der Waals surface area contributed by atoms with Crippen LogP contribution < -0.4 is 9.64 Å². The number of anilines is 1. The van der Waals surface area contributed by atoms with Gasteiger partial charge in [0.05, 0.1) is 7.11 Å². The molecule has 0 aromatic heterocycles. The van der Waals surface area contributed by atoms with E-state index in [1.165, 1.54) is 0 Å². The summed E-state index contributed by atoms with van der Waals surface area (Å²) in [5.41, 5.74) is 1.04. The number of likely N-dealkylation sites (N-methyl/N-ethyl adjacent to an activating group) is 1. The maximum absolute atomic E-state index is 12.5. The summed E-state index contributed by atoms with van der Waals surface area (Å²) in [7, 11) is 1.61. The lowest BCUT2D eigenvalue weighted by atomic mass is 10.2. The number of nitrogens with zero attached hydrogens (tertiary/aromatic N) is 4. The first-order chi connectivity index (χ1) is 13.0. The maximum Gasteiger partial charge on any atom is 0.334 e. The highest BCUT2D eigenvalue weighted by Crippen LogP contribution is 2.21. The van der Waals surface area contributed by atoms with Crippen LogP contribution in [-0.4, -0.2) is 84.8 Å². The van der Waals surface area contributed by atoms with Crippen LogP contribution in [0.4, 0.5) is 10.5 Å². The van der Waals surface area contributed by atoms with E-state index >= 15 is 0 Å². The van der Waals surface area contributed by atoms with Gasteiger partial charge in [0.1, 0.15) is 12.3 Å². The minimum Gasteiger partial charge on any atom is -0.497 e. The van der Waals surface area contributed by atoms with E-state index in [-0.39, 0.29) is 12.5 Å². The minimum atomic E-state index is -0.938. The van der Waals surface area contributed by atoms with E-state index in [2.05, 4.69) is 4.90 Å². The molecule has 0 bridgehead atoms. The summed E-state index contributed by atoms with van der Waals surface area (Å²) in [5, 5.41) is 0. The monoisotopic (exact) mass is 374 g/mol. The average Bonchev–Trinajstić information content (AvgIpc) is 2.91. The van der Waals surface area contributed by atoms with E-state index in [1.807, 2.05) is 24.3 Å². The number of imide groups is 2. The maximum atomic E-state index is 12.5. The Morgan fingerprint density at radius 2 is 1.56 bits per heavy atom. The number of methoxy groups -OCH3 is 1. The summed E-state index contributed by atoms with van der Waals surface area (Å²) < 4.78 is 5.15. The molecule has 1 aromatic carbocycles. The van der Waals surface area contributed by atoms with E-state index < -0.39 is 24.4 Å². The predicted molar refractivity (Wildman–Crippen MR) is 96.3 cm³/mol. The molecule has 9 heteroatoms. The number of amides is 5. The molecule has 0 unspecified atom stereocenters. The molecular weight excluding hydrogens is 352 g/mol. The van der Waals surface area contributed by atoms with Crippen molar-refractivity contribution < 1.29 is 23.9 Å². The third-order valence-corrected chi connectivity index (χ3v) is 4.81. The number of piperazine rings is 1. The summed E-state index contributed by atoms with van der Waals surface area (Å²) in [4.78, 5) is 53.6. The van der Waals surface area contributed by atoms with Gasteiger partial charge in [-0.05, 0) is 31.2 Å². The first-order valence-electron chi connectivity index (χ1n) is 8.80. The summed E-state index contributed by atoms with van der Waals surface area (Å²) in [6.07, 6.45) is 0. The molecule has 144 valence electrons. The lowest BCUT2D eigenvalue weighted by Gasteiger charge is -2.36. The van der Waals surface area contributed by atoms with Crippen LogP contribution in [0.15, 0.2) is 24.3 Å². The van der Waals surface area contributed by atoms with E-state index in [4.69, 9.17) is 4.74 Å². The Kier molecular flexibility index (Phi) is 5.29. The van der Waals surface area contributed by atoms with E-state index in [1.54, 1.807) is 18.9 Å². The largest absolute Gasteiger partial charge is 0.497 e. The van der Waals surface area contributed by atoms with Crippen molar-refractivity contribution in [1.29, 1.82) is 0 Å². The van der Waals surface area contributed by atoms with Crippen molar-refractivity contribution in [2.24, 2.45) is 0 Å². The van der Waals surface area contributed by atoms with Gasteiger partial charge in [-0.3, -0.25) is 19.3 Å². The second-order valence-electron chi connectivity index (χ2n) is 6.29. The molecule has 2 saturated heterocycles. The molecular formula is C18H22N4O5. The Morgan fingerprint density at radius 3 is 2.07 bits per heavy atom. The second kappa shape index (κ2) is 7.65. The van der Waals surface area contributed by atoms with Gasteiger partial charge in [0, 0.05) is 38.4 Å². The number of rotatable bonds is 5. The van der Waals surface area contributed by atoms with Crippen LogP contribution in [0, 0.1) is 0 Å². The Balaban J connectivity index is 1.56. The third-order valence-electron chi connectivity index (χ3n) is 4.81. The van der Waals surface area contributed by atoms with Crippen molar-refractivity contribution in [2.75, 3.05) is 51.3 Å². The van der Waals surface area contributed by atoms with Crippen LogP contribution in [0.2, 0.25) is 0 Å². The molecule has 5 amide bonds. The fourth-order valence-corrected chi connectivity index (χ4v) is 3.21. The van der Waals surface area contributed by atoms with Gasteiger partial charge in [-0.2, -0.15) is 0 Å². The number of benzene rings is 1. The summed E-state index contributed by atoms with van der Waals surface area (Å²) in [5.74, 6) is -1.37. The summed E-state index contributed by atoms with van der Waals surface area (Å²) >= 11 is 0. The Morgan fingerprint density at radius 1 is 0.963 bits per heavy atom. The molecule has 1 aromatic rings. The highest BCUT2D eigenvalue weighted by atomic mass is 16.5. The van der Waals surface area contributed by atoms with Gasteiger partial charge in [-0.1, -0.05) is 0 Å². The molecule has 2 aliphatic rings. The molecule has 3 rings (SSSR count). The summed E-state index contributed by atoms with van der Waals surface area (Å²) in [6.45, 7) is 3.54. The normalized spacial score (nSPS) is 17.8. The number of hydrogen-bond acceptors (Lipinski definition) is 6. The van der Waals surface area contributed by atoms with Crippen LogP contribution >= 0.6 is 0 Å². The molecule has 9 nitrogen and oxygen atoms in total. The van der Waals surface area contributed by atoms with Gasteiger partial charge in [0.15, 0.2) is 0 Å². The zero-order chi connectivity index (χ0) is 19.6. The quantitative estimate of drug-likeness (QED) is 0.539. The van der Waals surface area contributed by atoms with E-state index in [0.717, 1.165) is 21.2 Å². The SMILES string of the molecule is CCN1C(=O)C(=O)N(CC(=O)N2CCN(c3ccc(OC)cc3)CC2)C1=O. The Bertz CT molecular complexity index is 756. The molecule has 2 fully saturated rings. The summed E-state index contributed by atoms with van der Waals surface area (Å²) in [6, 6.07) is 6.96. The van der Waals surface area contributed by atoms with Gasteiger partial charge in [-0.15, -0.1) is 0 Å². The molecule has 0 N–H and O–H groups in total. The lowest BCUT2D eigenvalue weighted by Crippen LogP contribution is -2.52. The fourth-order valence-electron chi connectivity index (χ4n) is 3.21. The van der Waals surface area contributed by atoms with Gasteiger partial charge in [0.2, 0.25) is 5.91 Å². The first-order valence-corrected chi connectivity index (χ1v) is 8.80. The Labute approximate surface area is 157 Å². The number of ether oxygens (including phenoxy) is 1. The van der Waals surface area contributed by atoms with Crippen molar-refractivity contribution in [1.82, 2.24) is 14.7 Å². The second-order valence-corrected chi connectivity index (χ2v) is 6.29. The van der Waals surface area contributed by atoms with Gasteiger partial charge >= 0.3 is 17.8 Å². The van der Waals surface area contributed by atoms with Crippen molar-refractivity contribution >= 4 is 29.4 Å². The van der Waals surface area contributed by atoms with Gasteiger partial charge in [-0.25, -0.2) is 9.69 Å². The molecule has 27 heavy (non-hydrogen) atoms. The zero-order valence-corrected chi connectivity index (χ0v) is 15.4. The molecule has 2 aliphatic heterocycles. The standard InChI is InChI=1S/C18H22N4O5/c1-3-21-16(24)17(25)22(18(21)26)12-15(23)20-10-8-19(9-11-20)13-4-6-14(27-2)7-5-13/h4-7H,3,8-12H2,1-2H3. The number of carbonyl (C=O) groups excluding carboxylic acids is 4. The molecule has 0 radical (unpaired) electrons. The number of urea groups is 1. The van der Waals surface area contributed by atoms with E-state index in [9.17, 15) is 19.2 Å². The van der Waals surface area contributed by atoms with Crippen LogP contribution in [0.5, 0.6) is 5.75 Å². The van der Waals surface area contributed by atoms with Crippen molar-refractivity contribution in [3.05, 3.63) is 24.3 Å². The molecule has 0 atom stereocenters. The molecule has 0 saturated carbocycles. The third kappa shape index (κ3) is 3.57. The fraction of sp³-hybridized carbons (Fsp3) is 0.444. The zero-order valence-electron chi connectivity index (χ0n) is 15.4. The van der Waals surface area contributed by atoms with Crippen molar-refractivity contribution in [3.8, 4) is 5.75 Å². The topological polar surface area (TPSA) is 90.5 Å². The average molecular weight is 374 g/mol. The smallest absolute Gasteiger partial charge is 0.334 e. The van der Waals surface area contributed by atoms with Gasteiger partial charge in [0.25, 0.3) is 0 Å². The van der Waals surface area contributed by atoms with Crippen LogP contribution in [0.3, 0.4) is 0 Å². The van der Waals surface area contributed by atoms with Gasteiger partial charge < -0.3 is 14.5 Å². The lowest BCUT2D eigenvalue weighted by molar-refractivity contribution is -0.144. The van der Waals surface area contributed by atoms with Crippen LogP contribution in [0.25, 0.3) is 0 Å².